The highest BCUT2D eigenvalue weighted by Crippen LogP contribution is 2.20. The Labute approximate surface area is 101 Å². The molecular weight excluding hydrogens is 216 g/mol. The average Bonchev–Trinajstić information content (AvgIpc) is 2.38. The van der Waals surface area contributed by atoms with Crippen molar-refractivity contribution in [2.24, 2.45) is 5.92 Å². The molecule has 0 spiro atoms. The fourth-order valence-electron chi connectivity index (χ4n) is 1.92. The van der Waals surface area contributed by atoms with E-state index in [0.717, 1.165) is 18.6 Å². The van der Waals surface area contributed by atoms with Crippen LogP contribution in [0.25, 0.3) is 0 Å². The second-order valence-corrected chi connectivity index (χ2v) is 4.29. The summed E-state index contributed by atoms with van der Waals surface area (Å²) in [5.74, 6) is 0.415. The van der Waals surface area contributed by atoms with Crippen LogP contribution in [0.5, 0.6) is 5.75 Å². The van der Waals surface area contributed by atoms with Crippen molar-refractivity contribution in [2.75, 3.05) is 6.61 Å². The van der Waals surface area contributed by atoms with Crippen LogP contribution in [0.1, 0.15) is 29.6 Å². The van der Waals surface area contributed by atoms with Crippen molar-refractivity contribution in [2.45, 2.75) is 19.3 Å². The van der Waals surface area contributed by atoms with E-state index in [1.807, 2.05) is 0 Å². The van der Waals surface area contributed by atoms with Gasteiger partial charge in [0, 0.05) is 0 Å². The summed E-state index contributed by atoms with van der Waals surface area (Å²) in [6, 6.07) is 6.56. The summed E-state index contributed by atoms with van der Waals surface area (Å²) in [5.41, 5.74) is 0.290. The van der Waals surface area contributed by atoms with Crippen LogP contribution < -0.4 is 4.74 Å². The third-order valence-electron chi connectivity index (χ3n) is 2.96. The summed E-state index contributed by atoms with van der Waals surface area (Å²) in [5, 5.41) is 8.76. The van der Waals surface area contributed by atoms with E-state index in [1.165, 1.54) is 6.42 Å². The molecule has 0 heterocycles. The summed E-state index contributed by atoms with van der Waals surface area (Å²) >= 11 is 0. The van der Waals surface area contributed by atoms with Crippen molar-refractivity contribution in [1.29, 1.82) is 0 Å². The number of aromatic carboxylic acids is 1. The molecular formula is C14H16O3. The molecule has 1 aliphatic rings. The van der Waals surface area contributed by atoms with Gasteiger partial charge in [0.2, 0.25) is 0 Å². The fourth-order valence-corrected chi connectivity index (χ4v) is 1.92. The third kappa shape index (κ3) is 3.34. The largest absolute Gasteiger partial charge is 0.493 e. The van der Waals surface area contributed by atoms with Crippen LogP contribution in [0.2, 0.25) is 0 Å². The van der Waals surface area contributed by atoms with Gasteiger partial charge in [-0.25, -0.2) is 4.79 Å². The van der Waals surface area contributed by atoms with E-state index < -0.39 is 5.97 Å². The van der Waals surface area contributed by atoms with Crippen LogP contribution in [-0.4, -0.2) is 17.7 Å². The zero-order chi connectivity index (χ0) is 12.1. The Kier molecular flexibility index (Phi) is 3.81. The zero-order valence-corrected chi connectivity index (χ0v) is 9.63. The molecule has 1 aliphatic carbocycles. The molecule has 0 fully saturated rings. The van der Waals surface area contributed by atoms with Crippen molar-refractivity contribution in [3.63, 3.8) is 0 Å². The molecule has 0 amide bonds. The Morgan fingerprint density at radius 2 is 2.06 bits per heavy atom. The molecule has 0 aromatic heterocycles. The Hall–Kier alpha value is -1.77. The summed E-state index contributed by atoms with van der Waals surface area (Å²) in [7, 11) is 0. The second kappa shape index (κ2) is 5.53. The van der Waals surface area contributed by atoms with Crippen molar-refractivity contribution in [3.8, 4) is 5.75 Å². The van der Waals surface area contributed by atoms with Crippen LogP contribution in [-0.2, 0) is 0 Å². The van der Waals surface area contributed by atoms with Gasteiger partial charge in [-0.1, -0.05) is 12.2 Å². The fraction of sp³-hybridized carbons (Fsp3) is 0.357. The van der Waals surface area contributed by atoms with Gasteiger partial charge in [0.05, 0.1) is 12.2 Å². The number of carbonyl (C=O) groups is 1. The third-order valence-corrected chi connectivity index (χ3v) is 2.96. The molecule has 1 aromatic rings. The Morgan fingerprint density at radius 3 is 2.65 bits per heavy atom. The molecule has 3 heteroatoms. The van der Waals surface area contributed by atoms with E-state index in [1.54, 1.807) is 24.3 Å². The van der Waals surface area contributed by atoms with E-state index in [0.29, 0.717) is 12.5 Å². The van der Waals surface area contributed by atoms with Crippen molar-refractivity contribution in [3.05, 3.63) is 42.0 Å². The second-order valence-electron chi connectivity index (χ2n) is 4.29. The monoisotopic (exact) mass is 232 g/mol. The number of benzene rings is 1. The average molecular weight is 232 g/mol. The molecule has 1 atom stereocenters. The van der Waals surface area contributed by atoms with Gasteiger partial charge >= 0.3 is 5.97 Å². The van der Waals surface area contributed by atoms with Gasteiger partial charge in [0.15, 0.2) is 0 Å². The molecule has 2 rings (SSSR count). The molecule has 3 nitrogen and oxygen atoms in total. The summed E-state index contributed by atoms with van der Waals surface area (Å²) in [6.07, 6.45) is 7.78. The van der Waals surface area contributed by atoms with Crippen LogP contribution in [0.15, 0.2) is 36.4 Å². The summed E-state index contributed by atoms with van der Waals surface area (Å²) < 4.78 is 5.65. The first-order chi connectivity index (χ1) is 8.25. The minimum Gasteiger partial charge on any atom is -0.493 e. The van der Waals surface area contributed by atoms with Gasteiger partial charge in [0.25, 0.3) is 0 Å². The molecule has 0 bridgehead atoms. The van der Waals surface area contributed by atoms with E-state index in [9.17, 15) is 4.79 Å². The lowest BCUT2D eigenvalue weighted by atomic mass is 9.95. The molecule has 0 radical (unpaired) electrons. The van der Waals surface area contributed by atoms with E-state index in [-0.39, 0.29) is 5.56 Å². The first-order valence-corrected chi connectivity index (χ1v) is 5.87. The predicted molar refractivity (Wildman–Crippen MR) is 65.4 cm³/mol. The van der Waals surface area contributed by atoms with Gasteiger partial charge in [-0.2, -0.15) is 0 Å². The minimum atomic E-state index is -0.908. The predicted octanol–water partition coefficient (Wildman–Crippen LogP) is 3.12. The van der Waals surface area contributed by atoms with Crippen LogP contribution in [0.3, 0.4) is 0 Å². The molecule has 1 N–H and O–H groups in total. The normalized spacial score (nSPS) is 18.9. The lowest BCUT2D eigenvalue weighted by Gasteiger charge is -2.18. The summed E-state index contributed by atoms with van der Waals surface area (Å²) in [4.78, 5) is 10.7. The maximum atomic E-state index is 10.7. The molecule has 17 heavy (non-hydrogen) atoms. The number of hydrogen-bond acceptors (Lipinski definition) is 2. The molecule has 0 saturated carbocycles. The van der Waals surface area contributed by atoms with Crippen molar-refractivity contribution in [1.82, 2.24) is 0 Å². The van der Waals surface area contributed by atoms with Gasteiger partial charge in [-0.15, -0.1) is 0 Å². The van der Waals surface area contributed by atoms with Gasteiger partial charge in [-0.05, 0) is 49.4 Å². The molecule has 1 unspecified atom stereocenters. The van der Waals surface area contributed by atoms with Gasteiger partial charge in [-0.3, -0.25) is 0 Å². The first kappa shape index (κ1) is 11.7. The number of ether oxygens (including phenoxy) is 1. The van der Waals surface area contributed by atoms with Gasteiger partial charge < -0.3 is 9.84 Å². The van der Waals surface area contributed by atoms with Gasteiger partial charge in [0.1, 0.15) is 5.75 Å². The zero-order valence-electron chi connectivity index (χ0n) is 9.63. The quantitative estimate of drug-likeness (QED) is 0.811. The lowest BCUT2D eigenvalue weighted by molar-refractivity contribution is 0.0697. The maximum Gasteiger partial charge on any atom is 0.335 e. The topological polar surface area (TPSA) is 46.5 Å². The number of allylic oxidation sites excluding steroid dienone is 2. The Balaban J connectivity index is 1.86. The standard InChI is InChI=1S/C14H16O3/c15-14(16)12-6-8-13(9-7-12)17-10-11-4-2-1-3-5-11/h1-2,6-9,11H,3-5,10H2,(H,15,16). The SMILES string of the molecule is O=C(O)c1ccc(OCC2CC=CCC2)cc1. The van der Waals surface area contributed by atoms with Crippen LogP contribution in [0, 0.1) is 5.92 Å². The maximum absolute atomic E-state index is 10.7. The highest BCUT2D eigenvalue weighted by atomic mass is 16.5. The van der Waals surface area contributed by atoms with Crippen molar-refractivity contribution < 1.29 is 14.6 Å². The molecule has 0 aliphatic heterocycles. The first-order valence-electron chi connectivity index (χ1n) is 5.87. The Bertz CT molecular complexity index is 406. The smallest absolute Gasteiger partial charge is 0.335 e. The van der Waals surface area contributed by atoms with Crippen LogP contribution in [0.4, 0.5) is 0 Å². The van der Waals surface area contributed by atoms with E-state index in [4.69, 9.17) is 9.84 Å². The number of carboxylic acid groups (broad SMARTS) is 1. The van der Waals surface area contributed by atoms with E-state index >= 15 is 0 Å². The highest BCUT2D eigenvalue weighted by Gasteiger charge is 2.10. The van der Waals surface area contributed by atoms with Crippen LogP contribution >= 0.6 is 0 Å². The molecule has 0 saturated heterocycles. The van der Waals surface area contributed by atoms with Crippen molar-refractivity contribution >= 4 is 5.97 Å². The Morgan fingerprint density at radius 1 is 1.29 bits per heavy atom. The number of rotatable bonds is 4. The number of carboxylic acids is 1. The van der Waals surface area contributed by atoms with E-state index in [2.05, 4.69) is 12.2 Å². The molecule has 90 valence electrons. The summed E-state index contributed by atoms with van der Waals surface area (Å²) in [6.45, 7) is 0.705. The number of hydrogen-bond donors (Lipinski definition) is 1. The lowest BCUT2D eigenvalue weighted by Crippen LogP contribution is -2.13. The highest BCUT2D eigenvalue weighted by molar-refractivity contribution is 5.87. The minimum absolute atomic E-state index is 0.290. The molecule has 1 aromatic carbocycles.